The van der Waals surface area contributed by atoms with Crippen LogP contribution in [0.2, 0.25) is 0 Å². The number of ether oxygens (including phenoxy) is 1. The van der Waals surface area contributed by atoms with Crippen LogP contribution in [0.15, 0.2) is 36.4 Å². The highest BCUT2D eigenvalue weighted by Crippen LogP contribution is 2.48. The number of hydrogen-bond acceptors (Lipinski definition) is 2. The summed E-state index contributed by atoms with van der Waals surface area (Å²) in [5, 5.41) is 0. The molecular weight excluding hydrogens is 317 g/mol. The molecule has 0 fully saturated rings. The molecule has 0 heterocycles. The number of hydrogen-bond donors (Lipinski definition) is 1. The van der Waals surface area contributed by atoms with Crippen LogP contribution in [0.4, 0.5) is 9.18 Å². The lowest BCUT2D eigenvalue weighted by molar-refractivity contribution is 0.0391. The molecule has 0 aliphatic heterocycles. The van der Waals surface area contributed by atoms with Crippen molar-refractivity contribution >= 4 is 6.09 Å². The van der Waals surface area contributed by atoms with Gasteiger partial charge in [-0.1, -0.05) is 52.0 Å². The van der Waals surface area contributed by atoms with E-state index in [2.05, 4.69) is 13.8 Å². The minimum absolute atomic E-state index is 0.313. The summed E-state index contributed by atoms with van der Waals surface area (Å²) in [5.74, 6) is 0.123. The zero-order valence-electron chi connectivity index (χ0n) is 15.1. The van der Waals surface area contributed by atoms with E-state index in [9.17, 15) is 9.18 Å². The molecule has 0 aromatic heterocycles. The van der Waals surface area contributed by atoms with Crippen molar-refractivity contribution in [3.8, 4) is 11.1 Å². The van der Waals surface area contributed by atoms with Crippen molar-refractivity contribution in [2.75, 3.05) is 0 Å². The molecule has 2 aromatic rings. The van der Waals surface area contributed by atoms with Crippen molar-refractivity contribution in [3.05, 3.63) is 58.9 Å². The number of fused-ring (bicyclic) bond motifs is 1. The first-order chi connectivity index (χ1) is 11.7. The number of amides is 1. The number of primary amides is 1. The van der Waals surface area contributed by atoms with E-state index in [1.54, 1.807) is 0 Å². The van der Waals surface area contributed by atoms with Crippen molar-refractivity contribution in [1.82, 2.24) is 0 Å². The van der Waals surface area contributed by atoms with E-state index in [0.717, 1.165) is 11.1 Å². The molecule has 132 valence electrons. The molecule has 0 radical (unpaired) electrons. The lowest BCUT2D eigenvalue weighted by atomic mass is 9.87. The summed E-state index contributed by atoms with van der Waals surface area (Å²) in [6.45, 7) is 8.25. The van der Waals surface area contributed by atoms with Crippen LogP contribution in [0.25, 0.3) is 11.1 Å². The predicted octanol–water partition coefficient (Wildman–Crippen LogP) is 5.33. The lowest BCUT2D eigenvalue weighted by Gasteiger charge is -2.26. The fourth-order valence-electron chi connectivity index (χ4n) is 3.64. The molecule has 1 aliphatic rings. The van der Waals surface area contributed by atoms with Crippen molar-refractivity contribution in [2.24, 2.45) is 11.1 Å². The molecular formula is C21H24FNO2. The number of halogens is 1. The third kappa shape index (κ3) is 3.26. The monoisotopic (exact) mass is 341 g/mol. The second-order valence-electron chi connectivity index (χ2n) is 7.79. The highest BCUT2D eigenvalue weighted by molar-refractivity contribution is 5.68. The Bertz CT molecular complexity index is 809. The molecule has 0 bridgehead atoms. The largest absolute Gasteiger partial charge is 0.441 e. The van der Waals surface area contributed by atoms with Crippen molar-refractivity contribution in [2.45, 2.75) is 46.1 Å². The van der Waals surface area contributed by atoms with Gasteiger partial charge >= 0.3 is 6.09 Å². The van der Waals surface area contributed by atoms with E-state index in [1.807, 2.05) is 44.2 Å². The Morgan fingerprint density at radius 1 is 1.24 bits per heavy atom. The molecule has 0 spiro atoms. The first-order valence-corrected chi connectivity index (χ1v) is 8.58. The first-order valence-electron chi connectivity index (χ1n) is 8.58. The smallest absolute Gasteiger partial charge is 0.405 e. The van der Waals surface area contributed by atoms with Crippen molar-refractivity contribution in [1.29, 1.82) is 0 Å². The zero-order chi connectivity index (χ0) is 18.4. The minimum Gasteiger partial charge on any atom is -0.441 e. The van der Waals surface area contributed by atoms with E-state index >= 15 is 0 Å². The average Bonchev–Trinajstić information content (AvgIpc) is 2.76. The van der Waals surface area contributed by atoms with Gasteiger partial charge in [-0.25, -0.2) is 9.18 Å². The Balaban J connectivity index is 2.02. The van der Waals surface area contributed by atoms with E-state index < -0.39 is 12.2 Å². The molecule has 3 nitrogen and oxygen atoms in total. The topological polar surface area (TPSA) is 52.3 Å². The number of nitrogens with two attached hydrogens (primary N) is 1. The van der Waals surface area contributed by atoms with Crippen LogP contribution in [0.3, 0.4) is 0 Å². The summed E-state index contributed by atoms with van der Waals surface area (Å²) in [6, 6.07) is 11.4. The van der Waals surface area contributed by atoms with Crippen LogP contribution in [0.5, 0.6) is 0 Å². The predicted molar refractivity (Wildman–Crippen MR) is 96.8 cm³/mol. The zero-order valence-corrected chi connectivity index (χ0v) is 15.1. The second kappa shape index (κ2) is 6.17. The Morgan fingerprint density at radius 3 is 2.44 bits per heavy atom. The van der Waals surface area contributed by atoms with Crippen LogP contribution in [0, 0.1) is 11.2 Å². The number of carbonyl (C=O) groups is 1. The molecule has 3 rings (SSSR count). The van der Waals surface area contributed by atoms with Gasteiger partial charge in [0.25, 0.3) is 0 Å². The highest BCUT2D eigenvalue weighted by atomic mass is 19.1. The van der Waals surface area contributed by atoms with Gasteiger partial charge in [0, 0.05) is 11.0 Å². The van der Waals surface area contributed by atoms with Gasteiger partial charge in [0.05, 0.1) is 0 Å². The molecule has 0 unspecified atom stereocenters. The maximum atomic E-state index is 14.8. The summed E-state index contributed by atoms with van der Waals surface area (Å²) >= 11 is 0. The van der Waals surface area contributed by atoms with Crippen LogP contribution in [0.1, 0.15) is 56.4 Å². The molecule has 25 heavy (non-hydrogen) atoms. The first kappa shape index (κ1) is 17.5. The Hall–Kier alpha value is -2.36. The maximum Gasteiger partial charge on any atom is 0.405 e. The molecule has 2 N–H and O–H groups in total. The van der Waals surface area contributed by atoms with Crippen LogP contribution < -0.4 is 5.73 Å². The van der Waals surface area contributed by atoms with Gasteiger partial charge in [-0.05, 0) is 46.7 Å². The van der Waals surface area contributed by atoms with Gasteiger partial charge in [0.2, 0.25) is 0 Å². The van der Waals surface area contributed by atoms with Gasteiger partial charge < -0.3 is 10.5 Å². The fourth-order valence-corrected chi connectivity index (χ4v) is 3.64. The Kier molecular flexibility index (Phi) is 4.31. The third-order valence-corrected chi connectivity index (χ3v) is 4.99. The van der Waals surface area contributed by atoms with Gasteiger partial charge in [-0.15, -0.1) is 0 Å². The van der Waals surface area contributed by atoms with E-state index in [4.69, 9.17) is 10.5 Å². The summed E-state index contributed by atoms with van der Waals surface area (Å²) < 4.78 is 20.0. The molecule has 1 amide bonds. The van der Waals surface area contributed by atoms with Crippen molar-refractivity contribution < 1.29 is 13.9 Å². The van der Waals surface area contributed by atoms with Crippen LogP contribution in [-0.4, -0.2) is 6.09 Å². The van der Waals surface area contributed by atoms with Gasteiger partial charge in [0.15, 0.2) is 0 Å². The summed E-state index contributed by atoms with van der Waals surface area (Å²) in [6.07, 6.45) is -0.649. The maximum absolute atomic E-state index is 14.8. The third-order valence-electron chi connectivity index (χ3n) is 4.99. The van der Waals surface area contributed by atoms with E-state index in [0.29, 0.717) is 23.5 Å². The van der Waals surface area contributed by atoms with Gasteiger partial charge in [-0.3, -0.25) is 0 Å². The molecule has 2 aromatic carbocycles. The SMILES string of the molecule is CC(C)c1ccc(-c2cc3c(cc2F)[C@H](OC(N)=O)C(C)(C)C3)cc1. The van der Waals surface area contributed by atoms with E-state index in [1.165, 1.54) is 11.6 Å². The summed E-state index contributed by atoms with van der Waals surface area (Å²) in [7, 11) is 0. The standard InChI is InChI=1S/C21H24FNO2/c1-12(2)13-5-7-14(8-6-13)16-9-15-11-21(3,4)19(25-20(23)24)17(15)10-18(16)22/h5-10,12,19H,11H2,1-4H3,(H2,23,24)/t19-/m0/s1. The van der Waals surface area contributed by atoms with Crippen LogP contribution in [-0.2, 0) is 11.2 Å². The Morgan fingerprint density at radius 2 is 1.88 bits per heavy atom. The molecule has 4 heteroatoms. The van der Waals surface area contributed by atoms with Crippen LogP contribution >= 0.6 is 0 Å². The Labute approximate surface area is 148 Å². The van der Waals surface area contributed by atoms with Crippen molar-refractivity contribution in [3.63, 3.8) is 0 Å². The summed E-state index contributed by atoms with van der Waals surface area (Å²) in [5.41, 5.74) is 9.24. The normalized spacial score (nSPS) is 18.2. The number of carbonyl (C=O) groups excluding carboxylic acids is 1. The number of benzene rings is 2. The molecule has 0 saturated heterocycles. The minimum atomic E-state index is -0.834. The van der Waals surface area contributed by atoms with E-state index in [-0.39, 0.29) is 11.2 Å². The number of rotatable bonds is 3. The summed E-state index contributed by atoms with van der Waals surface area (Å²) in [4.78, 5) is 11.2. The average molecular weight is 341 g/mol. The molecule has 0 saturated carbocycles. The van der Waals surface area contributed by atoms with Gasteiger partial charge in [-0.2, -0.15) is 0 Å². The highest BCUT2D eigenvalue weighted by Gasteiger charge is 2.42. The fraction of sp³-hybridized carbons (Fsp3) is 0.381. The molecule has 1 atom stereocenters. The lowest BCUT2D eigenvalue weighted by Crippen LogP contribution is -2.25. The van der Waals surface area contributed by atoms with Gasteiger partial charge in [0.1, 0.15) is 11.9 Å². The second-order valence-corrected chi connectivity index (χ2v) is 7.79. The molecule has 1 aliphatic carbocycles. The quantitative estimate of drug-likeness (QED) is 0.820.